The van der Waals surface area contributed by atoms with Crippen LogP contribution in [0.25, 0.3) is 0 Å². The highest BCUT2D eigenvalue weighted by molar-refractivity contribution is 5.89. The first-order chi connectivity index (χ1) is 13.5. The maximum atomic E-state index is 12.6. The lowest BCUT2D eigenvalue weighted by Gasteiger charge is -2.34. The molecule has 0 saturated carbocycles. The highest BCUT2D eigenvalue weighted by Gasteiger charge is 2.35. The van der Waals surface area contributed by atoms with Crippen LogP contribution in [0.3, 0.4) is 0 Å². The lowest BCUT2D eigenvalue weighted by Crippen LogP contribution is -2.47. The van der Waals surface area contributed by atoms with Crippen molar-refractivity contribution in [2.75, 3.05) is 13.1 Å². The fourth-order valence-electron chi connectivity index (χ4n) is 3.48. The zero-order chi connectivity index (χ0) is 20.1. The molecule has 2 aromatic rings. The monoisotopic (exact) mass is 380 g/mol. The molecule has 2 N–H and O–H groups in total. The molecule has 0 aromatic heterocycles. The van der Waals surface area contributed by atoms with Crippen molar-refractivity contribution in [1.82, 2.24) is 10.2 Å². The summed E-state index contributed by atoms with van der Waals surface area (Å²) in [5.41, 5.74) is 3.81. The van der Waals surface area contributed by atoms with E-state index >= 15 is 0 Å². The van der Waals surface area contributed by atoms with E-state index < -0.39 is 12.0 Å². The van der Waals surface area contributed by atoms with Crippen molar-refractivity contribution in [2.24, 2.45) is 0 Å². The van der Waals surface area contributed by atoms with Crippen molar-refractivity contribution in [1.29, 1.82) is 0 Å². The second kappa shape index (κ2) is 8.69. The van der Waals surface area contributed by atoms with E-state index in [0.717, 1.165) is 16.7 Å². The summed E-state index contributed by atoms with van der Waals surface area (Å²) in [5.74, 6) is -1.67. The minimum Gasteiger partial charge on any atom is -0.479 e. The Balaban J connectivity index is 1.56. The summed E-state index contributed by atoms with van der Waals surface area (Å²) in [6, 6.07) is 14.2. The molecule has 146 valence electrons. The molecule has 0 spiro atoms. The van der Waals surface area contributed by atoms with Crippen LogP contribution < -0.4 is 5.32 Å². The molecule has 1 aliphatic rings. The standard InChI is InChI=1S/C22H24N2O4/c1-15-6-8-16(9-7-15)10-11-19(25)23-14-20(26)24-13-12-17-4-2-3-5-18(17)21(24)22(27)28/h2-9,21H,10-14H2,1H3,(H,23,25)(H,27,28). The van der Waals surface area contributed by atoms with Gasteiger partial charge in [0.25, 0.3) is 0 Å². The number of nitrogens with zero attached hydrogens (tertiary/aromatic N) is 1. The van der Waals surface area contributed by atoms with Gasteiger partial charge in [-0.1, -0.05) is 54.1 Å². The molecular weight excluding hydrogens is 356 g/mol. The van der Waals surface area contributed by atoms with Crippen LogP contribution in [0.1, 0.15) is 34.7 Å². The van der Waals surface area contributed by atoms with Crippen LogP contribution in [0, 0.1) is 6.92 Å². The summed E-state index contributed by atoms with van der Waals surface area (Å²) in [5, 5.41) is 12.3. The summed E-state index contributed by atoms with van der Waals surface area (Å²) in [4.78, 5) is 37.8. The topological polar surface area (TPSA) is 86.7 Å². The fraction of sp³-hybridized carbons (Fsp3) is 0.318. The molecule has 0 saturated heterocycles. The van der Waals surface area contributed by atoms with Gasteiger partial charge in [0.15, 0.2) is 6.04 Å². The van der Waals surface area contributed by atoms with Crippen molar-refractivity contribution in [2.45, 2.75) is 32.2 Å². The van der Waals surface area contributed by atoms with Crippen LogP contribution in [0.5, 0.6) is 0 Å². The van der Waals surface area contributed by atoms with E-state index in [9.17, 15) is 19.5 Å². The second-order valence-electron chi connectivity index (χ2n) is 7.04. The Kier molecular flexibility index (Phi) is 6.09. The third-order valence-corrected chi connectivity index (χ3v) is 5.04. The number of nitrogens with one attached hydrogen (secondary N) is 1. The van der Waals surface area contributed by atoms with Crippen LogP contribution in [0.2, 0.25) is 0 Å². The predicted molar refractivity (Wildman–Crippen MR) is 105 cm³/mol. The smallest absolute Gasteiger partial charge is 0.331 e. The number of hydrogen-bond donors (Lipinski definition) is 2. The summed E-state index contributed by atoms with van der Waals surface area (Å²) in [6.07, 6.45) is 1.48. The quantitative estimate of drug-likeness (QED) is 0.805. The van der Waals surface area contributed by atoms with E-state index in [1.807, 2.05) is 43.3 Å². The average molecular weight is 380 g/mol. The van der Waals surface area contributed by atoms with Crippen LogP contribution >= 0.6 is 0 Å². The molecule has 0 fully saturated rings. The molecule has 1 atom stereocenters. The number of rotatable bonds is 6. The molecule has 1 unspecified atom stereocenters. The average Bonchev–Trinajstić information content (AvgIpc) is 2.70. The Bertz CT molecular complexity index is 876. The number of benzene rings is 2. The first kappa shape index (κ1) is 19.6. The summed E-state index contributed by atoms with van der Waals surface area (Å²) in [6.45, 7) is 2.14. The molecule has 6 heteroatoms. The minimum atomic E-state index is -1.06. The maximum Gasteiger partial charge on any atom is 0.331 e. The van der Waals surface area contributed by atoms with Gasteiger partial charge in [-0.25, -0.2) is 4.79 Å². The van der Waals surface area contributed by atoms with E-state index in [4.69, 9.17) is 0 Å². The number of carbonyl (C=O) groups excluding carboxylic acids is 2. The fourth-order valence-corrected chi connectivity index (χ4v) is 3.48. The van der Waals surface area contributed by atoms with Gasteiger partial charge >= 0.3 is 5.97 Å². The van der Waals surface area contributed by atoms with Crippen LogP contribution in [-0.4, -0.2) is 40.9 Å². The molecule has 28 heavy (non-hydrogen) atoms. The summed E-state index contributed by atoms with van der Waals surface area (Å²) >= 11 is 0. The lowest BCUT2D eigenvalue weighted by atomic mass is 9.92. The van der Waals surface area contributed by atoms with Crippen LogP contribution in [-0.2, 0) is 27.2 Å². The van der Waals surface area contributed by atoms with E-state index in [-0.39, 0.29) is 24.8 Å². The van der Waals surface area contributed by atoms with Gasteiger partial charge in [0.2, 0.25) is 11.8 Å². The summed E-state index contributed by atoms with van der Waals surface area (Å²) < 4.78 is 0. The number of hydrogen-bond acceptors (Lipinski definition) is 3. The molecular formula is C22H24N2O4. The molecule has 3 rings (SSSR count). The van der Waals surface area contributed by atoms with E-state index in [1.54, 1.807) is 12.1 Å². The maximum absolute atomic E-state index is 12.6. The van der Waals surface area contributed by atoms with Gasteiger partial charge in [0.05, 0.1) is 6.54 Å². The van der Waals surface area contributed by atoms with Gasteiger partial charge in [0.1, 0.15) is 0 Å². The normalized spacial score (nSPS) is 15.6. The third kappa shape index (κ3) is 4.57. The number of fused-ring (bicyclic) bond motifs is 1. The Hall–Kier alpha value is -3.15. The first-order valence-electron chi connectivity index (χ1n) is 9.38. The van der Waals surface area contributed by atoms with Crippen LogP contribution in [0.4, 0.5) is 0 Å². The van der Waals surface area contributed by atoms with Crippen molar-refractivity contribution < 1.29 is 19.5 Å². The van der Waals surface area contributed by atoms with E-state index in [1.165, 1.54) is 4.90 Å². The van der Waals surface area contributed by atoms with Gasteiger partial charge < -0.3 is 15.3 Å². The third-order valence-electron chi connectivity index (χ3n) is 5.04. The van der Waals surface area contributed by atoms with Gasteiger partial charge in [-0.3, -0.25) is 9.59 Å². The van der Waals surface area contributed by atoms with E-state index in [2.05, 4.69) is 5.32 Å². The first-order valence-corrected chi connectivity index (χ1v) is 9.38. The van der Waals surface area contributed by atoms with Gasteiger partial charge in [-0.2, -0.15) is 0 Å². The number of aliphatic carboxylic acids is 1. The van der Waals surface area contributed by atoms with Gasteiger partial charge in [-0.05, 0) is 36.5 Å². The molecule has 0 bridgehead atoms. The zero-order valence-electron chi connectivity index (χ0n) is 15.9. The largest absolute Gasteiger partial charge is 0.479 e. The number of carboxylic acid groups (broad SMARTS) is 1. The molecule has 0 radical (unpaired) electrons. The molecule has 1 heterocycles. The number of aryl methyl sites for hydroxylation is 2. The Morgan fingerprint density at radius 1 is 1.11 bits per heavy atom. The number of amides is 2. The predicted octanol–water partition coefficient (Wildman–Crippen LogP) is 2.25. The second-order valence-corrected chi connectivity index (χ2v) is 7.04. The molecule has 2 amide bonds. The summed E-state index contributed by atoms with van der Waals surface area (Å²) in [7, 11) is 0. The molecule has 1 aliphatic heterocycles. The molecule has 0 aliphatic carbocycles. The Morgan fingerprint density at radius 2 is 1.82 bits per heavy atom. The van der Waals surface area contributed by atoms with Gasteiger partial charge in [0, 0.05) is 13.0 Å². The highest BCUT2D eigenvalue weighted by Crippen LogP contribution is 2.29. The lowest BCUT2D eigenvalue weighted by molar-refractivity contribution is -0.151. The van der Waals surface area contributed by atoms with Gasteiger partial charge in [-0.15, -0.1) is 0 Å². The number of carboxylic acids is 1. The van der Waals surface area contributed by atoms with Crippen molar-refractivity contribution >= 4 is 17.8 Å². The van der Waals surface area contributed by atoms with Crippen molar-refractivity contribution in [3.8, 4) is 0 Å². The SMILES string of the molecule is Cc1ccc(CCC(=O)NCC(=O)N2CCc3ccccc3C2C(=O)O)cc1. The molecule has 6 nitrogen and oxygen atoms in total. The molecule has 2 aromatic carbocycles. The minimum absolute atomic E-state index is 0.196. The van der Waals surface area contributed by atoms with Crippen LogP contribution in [0.15, 0.2) is 48.5 Å². The highest BCUT2D eigenvalue weighted by atomic mass is 16.4. The number of carbonyl (C=O) groups is 3. The van der Waals surface area contributed by atoms with Crippen molar-refractivity contribution in [3.63, 3.8) is 0 Å². The van der Waals surface area contributed by atoms with E-state index in [0.29, 0.717) is 24.9 Å². The van der Waals surface area contributed by atoms with Crippen molar-refractivity contribution in [3.05, 3.63) is 70.8 Å². The zero-order valence-corrected chi connectivity index (χ0v) is 15.9. The Morgan fingerprint density at radius 3 is 2.54 bits per heavy atom. The Labute approximate surface area is 164 Å².